The molecular weight excluding hydrogens is 457 g/mol. The van der Waals surface area contributed by atoms with E-state index in [9.17, 15) is 4.79 Å². The third-order valence-electron chi connectivity index (χ3n) is 4.68. The van der Waals surface area contributed by atoms with Crippen molar-refractivity contribution in [3.63, 3.8) is 0 Å². The Bertz CT molecular complexity index is 607. The van der Waals surface area contributed by atoms with Crippen molar-refractivity contribution >= 4 is 35.8 Å². The first-order valence-electron chi connectivity index (χ1n) is 9.50. The van der Waals surface area contributed by atoms with E-state index in [4.69, 9.17) is 0 Å². The monoisotopic (exact) mass is 491 g/mol. The van der Waals surface area contributed by atoms with Crippen LogP contribution < -0.4 is 5.32 Å². The number of hydrogen-bond donors (Lipinski definition) is 1. The topological polar surface area (TPSA) is 78.6 Å². The lowest BCUT2D eigenvalue weighted by Gasteiger charge is -2.37. The first-order chi connectivity index (χ1) is 12.4. The Morgan fingerprint density at radius 1 is 1.33 bits per heavy atom. The summed E-state index contributed by atoms with van der Waals surface area (Å²) in [6.45, 7) is 10.2. The van der Waals surface area contributed by atoms with Gasteiger partial charge in [-0.25, -0.2) is 4.99 Å². The second kappa shape index (κ2) is 11.5. The van der Waals surface area contributed by atoms with E-state index in [1.807, 2.05) is 0 Å². The Kier molecular flexibility index (Phi) is 10.0. The van der Waals surface area contributed by atoms with Crippen LogP contribution in [0.2, 0.25) is 0 Å². The summed E-state index contributed by atoms with van der Waals surface area (Å²) in [5.41, 5.74) is 0. The minimum Gasteiger partial charge on any atom is -0.354 e. The number of carbonyl (C=O) groups excluding carboxylic acids is 1. The van der Waals surface area contributed by atoms with Gasteiger partial charge in [0.05, 0.1) is 0 Å². The number of hydrogen-bond acceptors (Lipinski definition) is 4. The molecule has 1 aromatic rings. The van der Waals surface area contributed by atoms with Gasteiger partial charge in [-0.2, -0.15) is 0 Å². The molecule has 2 unspecified atom stereocenters. The van der Waals surface area contributed by atoms with Crippen LogP contribution in [-0.2, 0) is 17.8 Å². The van der Waals surface area contributed by atoms with Crippen molar-refractivity contribution in [1.82, 2.24) is 29.9 Å². The predicted molar refractivity (Wildman–Crippen MR) is 118 cm³/mol. The number of carbonyl (C=O) groups is 1. The van der Waals surface area contributed by atoms with Crippen LogP contribution in [0.1, 0.15) is 33.0 Å². The van der Waals surface area contributed by atoms with Crippen molar-refractivity contribution in [2.45, 2.75) is 40.2 Å². The Labute approximate surface area is 179 Å². The van der Waals surface area contributed by atoms with Crippen molar-refractivity contribution in [3.8, 4) is 0 Å². The van der Waals surface area contributed by atoms with Gasteiger partial charge in [-0.3, -0.25) is 4.79 Å². The molecule has 0 aliphatic carbocycles. The molecule has 154 valence electrons. The van der Waals surface area contributed by atoms with Crippen molar-refractivity contribution in [3.05, 3.63) is 12.2 Å². The zero-order valence-electron chi connectivity index (χ0n) is 17.2. The number of nitrogens with one attached hydrogen (secondary N) is 1. The SMILES string of the molecule is CCc1nncn1CCNC(=NCC(=O)N(C)C)N1CC(C)CC(C)C1.I. The highest BCUT2D eigenvalue weighted by Crippen LogP contribution is 2.20. The number of likely N-dealkylation sites (tertiary alicyclic amines) is 1. The van der Waals surface area contributed by atoms with Gasteiger partial charge in [-0.05, 0) is 18.3 Å². The van der Waals surface area contributed by atoms with E-state index in [-0.39, 0.29) is 36.4 Å². The van der Waals surface area contributed by atoms with E-state index in [1.165, 1.54) is 6.42 Å². The average Bonchev–Trinajstić information content (AvgIpc) is 3.04. The molecule has 9 heteroatoms. The van der Waals surface area contributed by atoms with Gasteiger partial charge in [0.2, 0.25) is 5.91 Å². The molecule has 2 rings (SSSR count). The largest absolute Gasteiger partial charge is 0.354 e. The van der Waals surface area contributed by atoms with Crippen LogP contribution in [0.25, 0.3) is 0 Å². The van der Waals surface area contributed by atoms with Gasteiger partial charge < -0.3 is 19.7 Å². The van der Waals surface area contributed by atoms with Crippen LogP contribution in [0.15, 0.2) is 11.3 Å². The molecular formula is C18H34IN7O. The molecule has 0 spiro atoms. The number of aliphatic imine (C=N–C) groups is 1. The summed E-state index contributed by atoms with van der Waals surface area (Å²) in [6, 6.07) is 0. The zero-order valence-corrected chi connectivity index (χ0v) is 19.5. The third-order valence-corrected chi connectivity index (χ3v) is 4.68. The minimum atomic E-state index is 0. The number of aryl methyl sites for hydroxylation is 1. The number of halogens is 1. The van der Waals surface area contributed by atoms with E-state index in [2.05, 4.69) is 50.7 Å². The summed E-state index contributed by atoms with van der Waals surface area (Å²) in [6.07, 6.45) is 3.86. The standard InChI is InChI=1S/C18H33N7O.HI/c1-6-16-22-21-13-24(16)8-7-19-18(20-10-17(26)23(4)5)25-11-14(2)9-15(3)12-25;/h13-15H,6-12H2,1-5H3,(H,19,20);1H. The van der Waals surface area contributed by atoms with Gasteiger partial charge in [0.1, 0.15) is 18.7 Å². The molecule has 1 aliphatic heterocycles. The number of likely N-dealkylation sites (N-methyl/N-ethyl adjacent to an activating group) is 1. The van der Waals surface area contributed by atoms with Gasteiger partial charge in [0, 0.05) is 46.7 Å². The van der Waals surface area contributed by atoms with Gasteiger partial charge >= 0.3 is 0 Å². The quantitative estimate of drug-likeness (QED) is 0.371. The summed E-state index contributed by atoms with van der Waals surface area (Å²) < 4.78 is 2.05. The van der Waals surface area contributed by atoms with Crippen LogP contribution in [0, 0.1) is 11.8 Å². The Hall–Kier alpha value is -1.39. The summed E-state index contributed by atoms with van der Waals surface area (Å²) in [5.74, 6) is 3.06. The van der Waals surface area contributed by atoms with Crippen LogP contribution in [0.3, 0.4) is 0 Å². The number of guanidine groups is 1. The molecule has 0 saturated carbocycles. The van der Waals surface area contributed by atoms with E-state index < -0.39 is 0 Å². The second-order valence-corrected chi connectivity index (χ2v) is 7.50. The van der Waals surface area contributed by atoms with Gasteiger partial charge in [0.15, 0.2) is 5.96 Å². The predicted octanol–water partition coefficient (Wildman–Crippen LogP) is 1.47. The van der Waals surface area contributed by atoms with Crippen molar-refractivity contribution in [2.75, 3.05) is 40.3 Å². The summed E-state index contributed by atoms with van der Waals surface area (Å²) in [4.78, 5) is 20.4. The second-order valence-electron chi connectivity index (χ2n) is 7.50. The van der Waals surface area contributed by atoms with Crippen LogP contribution in [0.4, 0.5) is 0 Å². The average molecular weight is 491 g/mol. The number of aromatic nitrogens is 3. The van der Waals surface area contributed by atoms with Gasteiger partial charge in [0.25, 0.3) is 0 Å². The fourth-order valence-corrected chi connectivity index (χ4v) is 3.42. The minimum absolute atomic E-state index is 0. The first kappa shape index (κ1) is 23.6. The highest BCUT2D eigenvalue weighted by atomic mass is 127. The maximum absolute atomic E-state index is 12.0. The molecule has 27 heavy (non-hydrogen) atoms. The molecule has 0 radical (unpaired) electrons. The van der Waals surface area contributed by atoms with E-state index in [0.29, 0.717) is 11.8 Å². The van der Waals surface area contributed by atoms with Crippen molar-refractivity contribution < 1.29 is 4.79 Å². The van der Waals surface area contributed by atoms with Crippen LogP contribution >= 0.6 is 24.0 Å². The Morgan fingerprint density at radius 3 is 2.59 bits per heavy atom. The Morgan fingerprint density at radius 2 is 2.00 bits per heavy atom. The first-order valence-corrected chi connectivity index (χ1v) is 9.50. The highest BCUT2D eigenvalue weighted by molar-refractivity contribution is 14.0. The fourth-order valence-electron chi connectivity index (χ4n) is 3.42. The molecule has 0 bridgehead atoms. The van der Waals surface area contributed by atoms with Crippen molar-refractivity contribution in [2.24, 2.45) is 16.8 Å². The fraction of sp³-hybridized carbons (Fsp3) is 0.778. The molecule has 1 aromatic heterocycles. The smallest absolute Gasteiger partial charge is 0.243 e. The van der Waals surface area contributed by atoms with Gasteiger partial charge in [-0.15, -0.1) is 34.2 Å². The molecule has 2 atom stereocenters. The van der Waals surface area contributed by atoms with Crippen molar-refractivity contribution in [1.29, 1.82) is 0 Å². The molecule has 1 amide bonds. The summed E-state index contributed by atoms with van der Waals surface area (Å²) >= 11 is 0. The number of piperidine rings is 1. The molecule has 0 aromatic carbocycles. The third kappa shape index (κ3) is 7.27. The Balaban J connectivity index is 0.00000364. The lowest BCUT2D eigenvalue weighted by Crippen LogP contribution is -2.49. The normalized spacial score (nSPS) is 20.2. The molecule has 1 N–H and O–H groups in total. The number of nitrogens with zero attached hydrogens (tertiary/aromatic N) is 6. The molecule has 2 heterocycles. The molecule has 8 nitrogen and oxygen atoms in total. The maximum Gasteiger partial charge on any atom is 0.243 e. The maximum atomic E-state index is 12.0. The summed E-state index contributed by atoms with van der Waals surface area (Å²) in [5, 5.41) is 11.5. The molecule has 1 saturated heterocycles. The molecule has 1 fully saturated rings. The lowest BCUT2D eigenvalue weighted by molar-refractivity contribution is -0.127. The van der Waals surface area contributed by atoms with Gasteiger partial charge in [-0.1, -0.05) is 20.8 Å². The van der Waals surface area contributed by atoms with E-state index in [0.717, 1.165) is 44.4 Å². The van der Waals surface area contributed by atoms with Crippen LogP contribution in [-0.4, -0.2) is 76.7 Å². The van der Waals surface area contributed by atoms with E-state index in [1.54, 1.807) is 25.3 Å². The molecule has 1 aliphatic rings. The van der Waals surface area contributed by atoms with E-state index >= 15 is 0 Å². The lowest BCUT2D eigenvalue weighted by atomic mass is 9.92. The number of rotatable bonds is 6. The van der Waals surface area contributed by atoms with Crippen LogP contribution in [0.5, 0.6) is 0 Å². The number of amides is 1. The summed E-state index contributed by atoms with van der Waals surface area (Å²) in [7, 11) is 3.52. The zero-order chi connectivity index (χ0) is 19.1. The highest BCUT2D eigenvalue weighted by Gasteiger charge is 2.24.